The molecule has 0 fully saturated rings. The van der Waals surface area contributed by atoms with Crippen LogP contribution < -0.4 is 4.74 Å². The summed E-state index contributed by atoms with van der Waals surface area (Å²) in [6.07, 6.45) is 3.50. The number of rotatable bonds is 7. The largest absolute Gasteiger partial charge is 0.503 e. The summed E-state index contributed by atoms with van der Waals surface area (Å²) in [5.41, 5.74) is 1.56. The number of amides is 1. The number of benzene rings is 2. The minimum atomic E-state index is -0.891. The maximum atomic E-state index is 13.7. The fourth-order valence-corrected chi connectivity index (χ4v) is 4.60. The molecule has 1 atom stereocenters. The van der Waals surface area contributed by atoms with Gasteiger partial charge in [-0.2, -0.15) is 0 Å². The number of nitrogens with zero attached hydrogens (tertiary/aromatic N) is 2. The Labute approximate surface area is 210 Å². The number of hydrogen-bond acceptors (Lipinski definition) is 6. The standard InChI is InChI=1S/C27H20ClFN2O5/c1-35-21-13-18(28)11-17-12-20(36-26(17)21)24(32)22-23(16-3-2-9-30-14-16)31(27(34)25(22)33)10-8-15-4-6-19(29)7-5-15/h2-7,9,11-14,23,33H,8,10H2,1H3. The van der Waals surface area contributed by atoms with Gasteiger partial charge in [0.2, 0.25) is 5.78 Å². The van der Waals surface area contributed by atoms with Crippen molar-refractivity contribution in [1.82, 2.24) is 9.88 Å². The summed E-state index contributed by atoms with van der Waals surface area (Å²) < 4.78 is 24.4. The van der Waals surface area contributed by atoms with Crippen molar-refractivity contribution in [2.45, 2.75) is 12.5 Å². The summed E-state index contributed by atoms with van der Waals surface area (Å²) in [6.45, 7) is 0.175. The third-order valence-corrected chi connectivity index (χ3v) is 6.31. The van der Waals surface area contributed by atoms with E-state index >= 15 is 0 Å². The van der Waals surface area contributed by atoms with Gasteiger partial charge in [-0.05, 0) is 47.9 Å². The van der Waals surface area contributed by atoms with Crippen LogP contribution in [-0.4, -0.2) is 40.3 Å². The Bertz CT molecular complexity index is 1500. The number of fused-ring (bicyclic) bond motifs is 1. The van der Waals surface area contributed by atoms with Crippen molar-refractivity contribution in [2.24, 2.45) is 0 Å². The van der Waals surface area contributed by atoms with Crippen molar-refractivity contribution in [3.63, 3.8) is 0 Å². The second-order valence-electron chi connectivity index (χ2n) is 8.29. The third kappa shape index (κ3) is 4.20. The lowest BCUT2D eigenvalue weighted by Gasteiger charge is -2.26. The molecule has 0 radical (unpaired) electrons. The van der Waals surface area contributed by atoms with E-state index in [4.69, 9.17) is 20.8 Å². The molecule has 0 saturated carbocycles. The zero-order valence-corrected chi connectivity index (χ0v) is 19.8. The SMILES string of the molecule is COc1cc(Cl)cc2cc(C(=O)C3=C(O)C(=O)N(CCc4ccc(F)cc4)C3c3cccnc3)oc12. The fraction of sp³-hybridized carbons (Fsp3) is 0.148. The van der Waals surface area contributed by atoms with E-state index in [2.05, 4.69) is 4.98 Å². The number of aliphatic hydroxyl groups is 1. The van der Waals surface area contributed by atoms with Crippen molar-refractivity contribution >= 4 is 34.3 Å². The van der Waals surface area contributed by atoms with Crippen LogP contribution in [0.4, 0.5) is 4.39 Å². The van der Waals surface area contributed by atoms with E-state index in [1.165, 1.54) is 36.4 Å². The smallest absolute Gasteiger partial charge is 0.290 e. The summed E-state index contributed by atoms with van der Waals surface area (Å²) in [5.74, 6) is -2.07. The molecule has 36 heavy (non-hydrogen) atoms. The predicted octanol–water partition coefficient (Wildman–Crippen LogP) is 5.45. The quantitative estimate of drug-likeness (QED) is 0.335. The molecule has 0 aliphatic carbocycles. The molecule has 1 aliphatic rings. The van der Waals surface area contributed by atoms with E-state index in [9.17, 15) is 19.1 Å². The van der Waals surface area contributed by atoms with Crippen molar-refractivity contribution in [3.8, 4) is 5.75 Å². The first-order valence-electron chi connectivity index (χ1n) is 11.1. The lowest BCUT2D eigenvalue weighted by Crippen LogP contribution is -2.33. The number of furan rings is 1. The van der Waals surface area contributed by atoms with Crippen LogP contribution in [0.2, 0.25) is 5.02 Å². The van der Waals surface area contributed by atoms with Crippen LogP contribution >= 0.6 is 11.6 Å². The van der Waals surface area contributed by atoms with Crippen LogP contribution in [0.1, 0.15) is 27.7 Å². The minimum Gasteiger partial charge on any atom is -0.503 e. The predicted molar refractivity (Wildman–Crippen MR) is 131 cm³/mol. The number of hydrogen-bond donors (Lipinski definition) is 1. The van der Waals surface area contributed by atoms with Crippen LogP contribution in [0.5, 0.6) is 5.75 Å². The van der Waals surface area contributed by atoms with Crippen LogP contribution in [0.25, 0.3) is 11.0 Å². The van der Waals surface area contributed by atoms with Gasteiger partial charge in [0.05, 0.1) is 18.7 Å². The van der Waals surface area contributed by atoms with Crippen LogP contribution in [-0.2, 0) is 11.2 Å². The Morgan fingerprint density at radius 2 is 2.00 bits per heavy atom. The number of carbonyl (C=O) groups is 2. The van der Waals surface area contributed by atoms with Crippen molar-refractivity contribution in [2.75, 3.05) is 13.7 Å². The first kappa shape index (κ1) is 23.6. The lowest BCUT2D eigenvalue weighted by atomic mass is 9.96. The van der Waals surface area contributed by atoms with Gasteiger partial charge < -0.3 is 19.2 Å². The van der Waals surface area contributed by atoms with Crippen LogP contribution in [0.3, 0.4) is 0 Å². The highest BCUT2D eigenvalue weighted by Gasteiger charge is 2.44. The first-order chi connectivity index (χ1) is 17.4. The van der Waals surface area contributed by atoms with Gasteiger partial charge in [-0.1, -0.05) is 29.8 Å². The number of Topliss-reactive ketones (excluding diaryl/α,β-unsaturated/α-hetero) is 1. The zero-order valence-electron chi connectivity index (χ0n) is 19.1. The maximum absolute atomic E-state index is 13.7. The molecule has 182 valence electrons. The molecule has 0 spiro atoms. The molecule has 9 heteroatoms. The van der Waals surface area contributed by atoms with Crippen LogP contribution in [0.15, 0.2) is 82.7 Å². The monoisotopic (exact) mass is 506 g/mol. The van der Waals surface area contributed by atoms with Gasteiger partial charge in [0, 0.05) is 35.4 Å². The number of aromatic nitrogens is 1. The highest BCUT2D eigenvalue weighted by atomic mass is 35.5. The molecule has 5 rings (SSSR count). The summed E-state index contributed by atoms with van der Waals surface area (Å²) >= 11 is 6.14. The number of ether oxygens (including phenoxy) is 1. The van der Waals surface area contributed by atoms with Gasteiger partial charge >= 0.3 is 0 Å². The van der Waals surface area contributed by atoms with Crippen LogP contribution in [0, 0.1) is 5.82 Å². The van der Waals surface area contributed by atoms with E-state index in [1.54, 1.807) is 42.6 Å². The highest BCUT2D eigenvalue weighted by Crippen LogP contribution is 2.40. The minimum absolute atomic E-state index is 0.0748. The van der Waals surface area contributed by atoms with Gasteiger partial charge in [0.15, 0.2) is 22.9 Å². The fourth-order valence-electron chi connectivity index (χ4n) is 4.38. The number of aliphatic hydroxyl groups excluding tert-OH is 1. The molecule has 7 nitrogen and oxygen atoms in total. The Hall–Kier alpha value is -4.17. The number of halogens is 2. The summed E-state index contributed by atoms with van der Waals surface area (Å²) in [4.78, 5) is 32.3. The highest BCUT2D eigenvalue weighted by molar-refractivity contribution is 6.31. The van der Waals surface area contributed by atoms with E-state index in [0.29, 0.717) is 33.7 Å². The molecule has 0 saturated heterocycles. The average molecular weight is 507 g/mol. The summed E-state index contributed by atoms with van der Waals surface area (Å²) in [5, 5.41) is 11.8. The number of methoxy groups -OCH3 is 1. The van der Waals surface area contributed by atoms with E-state index in [1.807, 2.05) is 0 Å². The number of ketones is 1. The molecule has 1 N–H and O–H groups in total. The molecule has 2 aromatic heterocycles. The zero-order chi connectivity index (χ0) is 25.4. The second kappa shape index (κ2) is 9.47. The van der Waals surface area contributed by atoms with Gasteiger partial charge in [0.25, 0.3) is 5.91 Å². The van der Waals surface area contributed by atoms with E-state index in [-0.39, 0.29) is 23.7 Å². The Morgan fingerprint density at radius 1 is 1.22 bits per heavy atom. The third-order valence-electron chi connectivity index (χ3n) is 6.09. The molecule has 1 unspecified atom stereocenters. The normalized spacial score (nSPS) is 15.7. The Morgan fingerprint density at radius 3 is 2.69 bits per heavy atom. The van der Waals surface area contributed by atoms with Gasteiger partial charge in [0.1, 0.15) is 5.82 Å². The van der Waals surface area contributed by atoms with Gasteiger partial charge in [-0.15, -0.1) is 0 Å². The van der Waals surface area contributed by atoms with Gasteiger partial charge in [-0.25, -0.2) is 4.39 Å². The van der Waals surface area contributed by atoms with Crippen molar-refractivity contribution < 1.29 is 28.2 Å². The molecule has 1 amide bonds. The number of carbonyl (C=O) groups excluding carboxylic acids is 2. The van der Waals surface area contributed by atoms with Crippen molar-refractivity contribution in [1.29, 1.82) is 0 Å². The number of pyridine rings is 1. The molecular weight excluding hydrogens is 487 g/mol. The summed E-state index contributed by atoms with van der Waals surface area (Å²) in [6, 6.07) is 13.1. The van der Waals surface area contributed by atoms with Crippen molar-refractivity contribution in [3.05, 3.63) is 106 Å². The topological polar surface area (TPSA) is 92.9 Å². The molecule has 3 heterocycles. The van der Waals surface area contributed by atoms with E-state index < -0.39 is 23.5 Å². The molecule has 4 aromatic rings. The molecule has 2 aromatic carbocycles. The molecule has 0 bridgehead atoms. The molecular formula is C27H20ClFN2O5. The average Bonchev–Trinajstić information content (AvgIpc) is 3.42. The summed E-state index contributed by atoms with van der Waals surface area (Å²) in [7, 11) is 1.45. The first-order valence-corrected chi connectivity index (χ1v) is 11.5. The molecule has 1 aliphatic heterocycles. The Kier molecular flexibility index (Phi) is 6.20. The lowest BCUT2D eigenvalue weighted by molar-refractivity contribution is -0.129. The second-order valence-corrected chi connectivity index (χ2v) is 8.73. The van der Waals surface area contributed by atoms with Gasteiger partial charge in [-0.3, -0.25) is 14.6 Å². The van der Waals surface area contributed by atoms with E-state index in [0.717, 1.165) is 5.56 Å². The Balaban J connectivity index is 1.53. The maximum Gasteiger partial charge on any atom is 0.290 e.